The minimum Gasteiger partial charge on any atom is -0.394 e. The number of hydrogen-bond donors (Lipinski definition) is 1. The summed E-state index contributed by atoms with van der Waals surface area (Å²) in [5.41, 5.74) is 2.37. The maximum Gasteiger partial charge on any atom is 0.227 e. The molecular formula is C23H23FN2O3. The lowest BCUT2D eigenvalue weighted by Crippen LogP contribution is -2.66. The van der Waals surface area contributed by atoms with Crippen molar-refractivity contribution in [2.24, 2.45) is 5.92 Å². The fraction of sp³-hybridized carbons (Fsp3) is 0.391. The second-order valence-electron chi connectivity index (χ2n) is 7.58. The summed E-state index contributed by atoms with van der Waals surface area (Å²) in [4.78, 5) is 14.6. The first-order valence-electron chi connectivity index (χ1n) is 9.91. The fourth-order valence-corrected chi connectivity index (χ4v) is 4.55. The number of carbonyl (C=O) groups is 1. The molecule has 3 atom stereocenters. The van der Waals surface area contributed by atoms with Gasteiger partial charge < -0.3 is 14.7 Å². The number of aliphatic hydroxyl groups excluding tert-OH is 1. The number of benzene rings is 2. The van der Waals surface area contributed by atoms with E-state index in [1.807, 2.05) is 30.3 Å². The molecule has 0 saturated carbocycles. The van der Waals surface area contributed by atoms with E-state index < -0.39 is 12.1 Å². The topological polar surface area (TPSA) is 73.6 Å². The smallest absolute Gasteiger partial charge is 0.227 e. The second kappa shape index (κ2) is 8.32. The largest absolute Gasteiger partial charge is 0.394 e. The first kappa shape index (κ1) is 19.6. The molecule has 2 fully saturated rings. The van der Waals surface area contributed by atoms with Crippen molar-refractivity contribution < 1.29 is 19.0 Å². The summed E-state index contributed by atoms with van der Waals surface area (Å²) in [5, 5.41) is 19.9. The second-order valence-corrected chi connectivity index (χ2v) is 7.58. The minimum atomic E-state index is -0.655. The standard InChI is InChI=1S/C23H23FN2O3/c24-17-5-3-4-16(12-17)18-6-1-2-7-19(18)22-20(13-25)26(21(22)14-27)23(28)15-8-10-29-11-9-15/h1-7,12,15,20-22,27H,8-11,14H2/t20-,21+,22+/m1/s1. The zero-order valence-electron chi connectivity index (χ0n) is 16.0. The summed E-state index contributed by atoms with van der Waals surface area (Å²) >= 11 is 0. The molecular weight excluding hydrogens is 371 g/mol. The highest BCUT2D eigenvalue weighted by Gasteiger charge is 2.53. The van der Waals surface area contributed by atoms with E-state index in [1.165, 1.54) is 12.1 Å². The van der Waals surface area contributed by atoms with Gasteiger partial charge in [0.05, 0.1) is 18.7 Å². The lowest BCUT2D eigenvalue weighted by atomic mass is 9.72. The van der Waals surface area contributed by atoms with Crippen LogP contribution in [0.1, 0.15) is 24.3 Å². The average molecular weight is 394 g/mol. The third kappa shape index (κ3) is 3.52. The molecule has 0 radical (unpaired) electrons. The van der Waals surface area contributed by atoms with Crippen LogP contribution >= 0.6 is 0 Å². The highest BCUT2D eigenvalue weighted by Crippen LogP contribution is 2.45. The Morgan fingerprint density at radius 1 is 1.21 bits per heavy atom. The Morgan fingerprint density at radius 2 is 1.97 bits per heavy atom. The van der Waals surface area contributed by atoms with Gasteiger partial charge in [0.1, 0.15) is 11.9 Å². The Balaban J connectivity index is 1.67. The van der Waals surface area contributed by atoms with Gasteiger partial charge in [0.2, 0.25) is 5.91 Å². The monoisotopic (exact) mass is 394 g/mol. The lowest BCUT2D eigenvalue weighted by Gasteiger charge is -2.53. The number of likely N-dealkylation sites (tertiary alicyclic amines) is 1. The van der Waals surface area contributed by atoms with Crippen LogP contribution in [0.25, 0.3) is 11.1 Å². The number of hydrogen-bond acceptors (Lipinski definition) is 4. The van der Waals surface area contributed by atoms with Gasteiger partial charge in [-0.15, -0.1) is 0 Å². The third-order valence-electron chi connectivity index (χ3n) is 6.01. The Bertz CT molecular complexity index is 936. The van der Waals surface area contributed by atoms with Crippen LogP contribution in [0.3, 0.4) is 0 Å². The van der Waals surface area contributed by atoms with Crippen LogP contribution in [-0.2, 0) is 9.53 Å². The van der Waals surface area contributed by atoms with Crippen molar-refractivity contribution in [1.82, 2.24) is 4.90 Å². The maximum absolute atomic E-state index is 13.8. The van der Waals surface area contributed by atoms with Crippen molar-refractivity contribution in [3.05, 3.63) is 59.9 Å². The van der Waals surface area contributed by atoms with Crippen LogP contribution in [0.4, 0.5) is 4.39 Å². The Hall–Kier alpha value is -2.75. The summed E-state index contributed by atoms with van der Waals surface area (Å²) in [6.07, 6.45) is 1.27. The van der Waals surface area contributed by atoms with E-state index in [-0.39, 0.29) is 30.2 Å². The summed E-state index contributed by atoms with van der Waals surface area (Å²) < 4.78 is 19.1. The van der Waals surface area contributed by atoms with Crippen LogP contribution in [-0.4, -0.2) is 47.8 Å². The zero-order chi connectivity index (χ0) is 20.4. The van der Waals surface area contributed by atoms with Gasteiger partial charge in [-0.1, -0.05) is 36.4 Å². The van der Waals surface area contributed by atoms with Gasteiger partial charge >= 0.3 is 0 Å². The van der Waals surface area contributed by atoms with Crippen molar-refractivity contribution in [2.75, 3.05) is 19.8 Å². The SMILES string of the molecule is N#C[C@@H]1[C@H](c2ccccc2-c2cccc(F)c2)[C@H](CO)N1C(=O)C1CCOCC1. The van der Waals surface area contributed by atoms with Crippen LogP contribution in [0.15, 0.2) is 48.5 Å². The van der Waals surface area contributed by atoms with E-state index in [2.05, 4.69) is 6.07 Å². The van der Waals surface area contributed by atoms with Crippen molar-refractivity contribution in [2.45, 2.75) is 30.8 Å². The summed E-state index contributed by atoms with van der Waals surface area (Å²) in [7, 11) is 0. The number of halogens is 1. The Labute approximate surface area is 169 Å². The molecule has 2 aromatic rings. The molecule has 1 amide bonds. The molecule has 6 heteroatoms. The van der Waals surface area contributed by atoms with E-state index >= 15 is 0 Å². The fourth-order valence-electron chi connectivity index (χ4n) is 4.55. The molecule has 2 aliphatic heterocycles. The van der Waals surface area contributed by atoms with Gasteiger partial charge in [-0.2, -0.15) is 5.26 Å². The van der Waals surface area contributed by atoms with E-state index in [0.29, 0.717) is 31.6 Å². The van der Waals surface area contributed by atoms with Gasteiger partial charge in [-0.25, -0.2) is 4.39 Å². The van der Waals surface area contributed by atoms with Crippen molar-refractivity contribution in [3.63, 3.8) is 0 Å². The molecule has 2 saturated heterocycles. The van der Waals surface area contributed by atoms with Gasteiger partial charge in [-0.05, 0) is 41.7 Å². The van der Waals surface area contributed by atoms with Gasteiger partial charge in [0.25, 0.3) is 0 Å². The predicted octanol–water partition coefficient (Wildman–Crippen LogP) is 3.10. The van der Waals surface area contributed by atoms with Crippen LogP contribution < -0.4 is 0 Å². The van der Waals surface area contributed by atoms with E-state index in [1.54, 1.807) is 11.0 Å². The molecule has 0 bridgehead atoms. The van der Waals surface area contributed by atoms with Crippen LogP contribution in [0.2, 0.25) is 0 Å². The molecule has 29 heavy (non-hydrogen) atoms. The molecule has 4 rings (SSSR count). The molecule has 2 heterocycles. The first-order valence-corrected chi connectivity index (χ1v) is 9.91. The summed E-state index contributed by atoms with van der Waals surface area (Å²) in [6.45, 7) is 0.851. The zero-order valence-corrected chi connectivity index (χ0v) is 16.0. The number of rotatable bonds is 4. The number of amides is 1. The molecule has 1 N–H and O–H groups in total. The third-order valence-corrected chi connectivity index (χ3v) is 6.01. The molecule has 0 aliphatic carbocycles. The normalized spacial score (nSPS) is 24.6. The first-order chi connectivity index (χ1) is 14.2. The summed E-state index contributed by atoms with van der Waals surface area (Å²) in [5.74, 6) is -0.919. The predicted molar refractivity (Wildman–Crippen MR) is 105 cm³/mol. The Morgan fingerprint density at radius 3 is 2.66 bits per heavy atom. The lowest BCUT2D eigenvalue weighted by molar-refractivity contribution is -0.154. The molecule has 5 nitrogen and oxygen atoms in total. The van der Waals surface area contributed by atoms with Crippen molar-refractivity contribution in [3.8, 4) is 17.2 Å². The maximum atomic E-state index is 13.8. The average Bonchev–Trinajstić information content (AvgIpc) is 2.74. The number of ether oxygens (including phenoxy) is 1. The van der Waals surface area contributed by atoms with Crippen LogP contribution in [0.5, 0.6) is 0 Å². The number of carbonyl (C=O) groups excluding carboxylic acids is 1. The molecule has 2 aliphatic rings. The molecule has 2 aromatic carbocycles. The summed E-state index contributed by atoms with van der Waals surface area (Å²) in [6, 6.07) is 15.0. The number of nitriles is 1. The van der Waals surface area contributed by atoms with E-state index in [4.69, 9.17) is 4.74 Å². The van der Waals surface area contributed by atoms with E-state index in [9.17, 15) is 19.6 Å². The highest BCUT2D eigenvalue weighted by molar-refractivity contribution is 5.82. The van der Waals surface area contributed by atoms with E-state index in [0.717, 1.165) is 11.1 Å². The molecule has 0 unspecified atom stereocenters. The van der Waals surface area contributed by atoms with Gasteiger partial charge in [0, 0.05) is 25.0 Å². The van der Waals surface area contributed by atoms with Crippen molar-refractivity contribution >= 4 is 5.91 Å². The highest BCUT2D eigenvalue weighted by atomic mass is 19.1. The Kier molecular flexibility index (Phi) is 5.61. The van der Waals surface area contributed by atoms with Crippen molar-refractivity contribution in [1.29, 1.82) is 5.26 Å². The molecule has 150 valence electrons. The van der Waals surface area contributed by atoms with Crippen LogP contribution in [0, 0.1) is 23.1 Å². The van der Waals surface area contributed by atoms with Gasteiger partial charge in [-0.3, -0.25) is 4.79 Å². The number of nitrogens with zero attached hydrogens (tertiary/aromatic N) is 2. The quantitative estimate of drug-likeness (QED) is 0.865. The molecule has 0 aromatic heterocycles. The minimum absolute atomic E-state index is 0.0848. The van der Waals surface area contributed by atoms with Gasteiger partial charge in [0.15, 0.2) is 0 Å². The molecule has 0 spiro atoms. The number of aliphatic hydroxyl groups is 1.